The molecule has 0 aromatic carbocycles. The Hall–Kier alpha value is -1.46. The summed E-state index contributed by atoms with van der Waals surface area (Å²) in [5.74, 6) is -2.29. The Kier molecular flexibility index (Phi) is 3.39. The van der Waals surface area contributed by atoms with Crippen molar-refractivity contribution < 1.29 is 23.8 Å². The fourth-order valence-electron chi connectivity index (χ4n) is 1.32. The van der Waals surface area contributed by atoms with Crippen LogP contribution < -0.4 is 0 Å². The third-order valence-corrected chi connectivity index (χ3v) is 2.14. The van der Waals surface area contributed by atoms with E-state index in [1.165, 1.54) is 33.5 Å². The smallest absolute Gasteiger partial charge is 0.339 e. The first kappa shape index (κ1) is 11.6. The van der Waals surface area contributed by atoms with E-state index in [-0.39, 0.29) is 11.4 Å². The van der Waals surface area contributed by atoms with Crippen LogP contribution in [0.3, 0.4) is 0 Å². The molecule has 0 saturated carbocycles. The van der Waals surface area contributed by atoms with E-state index in [1.807, 2.05) is 0 Å². The summed E-state index contributed by atoms with van der Waals surface area (Å²) in [7, 11) is 3.98. The minimum atomic E-state index is -1.33. The van der Waals surface area contributed by atoms with Crippen LogP contribution in [0.2, 0.25) is 0 Å². The number of allylic oxidation sites excluding steroid dienone is 2. The normalized spacial score (nSPS) is 18.6. The van der Waals surface area contributed by atoms with Crippen LogP contribution in [0.1, 0.15) is 0 Å². The molecule has 0 aliphatic heterocycles. The highest BCUT2D eigenvalue weighted by atomic mass is 16.7. The van der Waals surface area contributed by atoms with E-state index in [0.717, 1.165) is 6.08 Å². The van der Waals surface area contributed by atoms with Crippen molar-refractivity contribution in [3.05, 3.63) is 23.8 Å². The SMILES string of the molecule is COC(=O)C1=CC(=O)C=CC1(OC)OC. The molecular formula is C10H12O5. The van der Waals surface area contributed by atoms with Crippen molar-refractivity contribution in [1.29, 1.82) is 0 Å². The molecule has 0 fully saturated rings. The van der Waals surface area contributed by atoms with E-state index in [9.17, 15) is 9.59 Å². The molecule has 0 unspecified atom stereocenters. The summed E-state index contributed by atoms with van der Waals surface area (Å²) in [6.07, 6.45) is 3.79. The molecule has 0 N–H and O–H groups in total. The third kappa shape index (κ3) is 1.98. The van der Waals surface area contributed by atoms with Gasteiger partial charge in [0.05, 0.1) is 7.11 Å². The Balaban J connectivity index is 3.16. The zero-order chi connectivity index (χ0) is 11.5. The lowest BCUT2D eigenvalue weighted by Gasteiger charge is -2.30. The van der Waals surface area contributed by atoms with Gasteiger partial charge in [0.25, 0.3) is 0 Å². The zero-order valence-electron chi connectivity index (χ0n) is 8.77. The molecule has 0 amide bonds. The quantitative estimate of drug-likeness (QED) is 0.494. The second-order valence-corrected chi connectivity index (χ2v) is 2.86. The largest absolute Gasteiger partial charge is 0.465 e. The maximum atomic E-state index is 11.4. The molecular weight excluding hydrogens is 200 g/mol. The average Bonchev–Trinajstić information content (AvgIpc) is 2.28. The molecule has 0 heterocycles. The molecule has 0 saturated heterocycles. The van der Waals surface area contributed by atoms with Gasteiger partial charge in [0.15, 0.2) is 5.78 Å². The van der Waals surface area contributed by atoms with Crippen LogP contribution in [0.25, 0.3) is 0 Å². The lowest BCUT2D eigenvalue weighted by Crippen LogP contribution is -2.39. The first-order valence-electron chi connectivity index (χ1n) is 4.23. The first-order valence-corrected chi connectivity index (χ1v) is 4.23. The summed E-state index contributed by atoms with van der Waals surface area (Å²) in [5.41, 5.74) is 0.0301. The summed E-state index contributed by atoms with van der Waals surface area (Å²) in [6, 6.07) is 0. The van der Waals surface area contributed by atoms with Gasteiger partial charge in [0, 0.05) is 20.3 Å². The van der Waals surface area contributed by atoms with E-state index in [2.05, 4.69) is 4.74 Å². The number of carbonyl (C=O) groups excluding carboxylic acids is 2. The van der Waals surface area contributed by atoms with E-state index >= 15 is 0 Å². The van der Waals surface area contributed by atoms with Gasteiger partial charge in [-0.2, -0.15) is 0 Å². The predicted octanol–water partition coefficient (Wildman–Crippen LogP) is 0.214. The number of carbonyl (C=O) groups is 2. The van der Waals surface area contributed by atoms with Gasteiger partial charge in [-0.3, -0.25) is 4.79 Å². The minimum Gasteiger partial charge on any atom is -0.465 e. The fraction of sp³-hybridized carbons (Fsp3) is 0.400. The van der Waals surface area contributed by atoms with E-state index < -0.39 is 11.8 Å². The number of methoxy groups -OCH3 is 3. The third-order valence-electron chi connectivity index (χ3n) is 2.14. The number of ether oxygens (including phenoxy) is 3. The maximum absolute atomic E-state index is 11.4. The molecule has 0 radical (unpaired) electrons. The highest BCUT2D eigenvalue weighted by Crippen LogP contribution is 2.27. The molecule has 0 spiro atoms. The Morgan fingerprint density at radius 1 is 1.27 bits per heavy atom. The van der Waals surface area contributed by atoms with Gasteiger partial charge in [-0.15, -0.1) is 0 Å². The molecule has 5 nitrogen and oxygen atoms in total. The van der Waals surface area contributed by atoms with Gasteiger partial charge < -0.3 is 14.2 Å². The van der Waals surface area contributed by atoms with Crippen molar-refractivity contribution >= 4 is 11.8 Å². The Bertz CT molecular complexity index is 336. The molecule has 1 aliphatic carbocycles. The topological polar surface area (TPSA) is 61.8 Å². The highest BCUT2D eigenvalue weighted by Gasteiger charge is 2.39. The van der Waals surface area contributed by atoms with Crippen molar-refractivity contribution in [2.24, 2.45) is 0 Å². The predicted molar refractivity (Wildman–Crippen MR) is 51.0 cm³/mol. The van der Waals surface area contributed by atoms with Crippen molar-refractivity contribution in [1.82, 2.24) is 0 Å². The Morgan fingerprint density at radius 2 is 1.87 bits per heavy atom. The molecule has 0 aromatic heterocycles. The second kappa shape index (κ2) is 4.37. The van der Waals surface area contributed by atoms with Crippen molar-refractivity contribution in [3.63, 3.8) is 0 Å². The monoisotopic (exact) mass is 212 g/mol. The second-order valence-electron chi connectivity index (χ2n) is 2.86. The average molecular weight is 212 g/mol. The van der Waals surface area contributed by atoms with Crippen molar-refractivity contribution in [2.75, 3.05) is 21.3 Å². The van der Waals surface area contributed by atoms with Crippen LogP contribution in [0.15, 0.2) is 23.8 Å². The molecule has 0 aromatic rings. The number of ketones is 1. The van der Waals surface area contributed by atoms with Crippen LogP contribution >= 0.6 is 0 Å². The van der Waals surface area contributed by atoms with Gasteiger partial charge in [0.2, 0.25) is 5.79 Å². The standard InChI is InChI=1S/C10H12O5/c1-13-9(12)8-6-7(11)4-5-10(8,14-2)15-3/h4-6H,1-3H3. The van der Waals surface area contributed by atoms with E-state index in [4.69, 9.17) is 9.47 Å². The first-order chi connectivity index (χ1) is 7.09. The van der Waals surface area contributed by atoms with Crippen LogP contribution in [0, 0.1) is 0 Å². The van der Waals surface area contributed by atoms with E-state index in [0.29, 0.717) is 0 Å². The van der Waals surface area contributed by atoms with Crippen molar-refractivity contribution in [3.8, 4) is 0 Å². The summed E-state index contributed by atoms with van der Waals surface area (Å²) in [6.45, 7) is 0. The summed E-state index contributed by atoms with van der Waals surface area (Å²) in [4.78, 5) is 22.5. The molecule has 82 valence electrons. The van der Waals surface area contributed by atoms with Gasteiger partial charge in [-0.25, -0.2) is 4.79 Å². The van der Waals surface area contributed by atoms with Crippen LogP contribution in [0.5, 0.6) is 0 Å². The highest BCUT2D eigenvalue weighted by molar-refractivity contribution is 6.07. The Morgan fingerprint density at radius 3 is 2.33 bits per heavy atom. The molecule has 1 rings (SSSR count). The maximum Gasteiger partial charge on any atom is 0.339 e. The molecule has 0 bridgehead atoms. The lowest BCUT2D eigenvalue weighted by atomic mass is 9.98. The number of hydrogen-bond donors (Lipinski definition) is 0. The summed E-state index contributed by atoms with van der Waals surface area (Å²) >= 11 is 0. The number of rotatable bonds is 3. The van der Waals surface area contributed by atoms with Gasteiger partial charge in [-0.1, -0.05) is 0 Å². The van der Waals surface area contributed by atoms with Crippen LogP contribution in [0.4, 0.5) is 0 Å². The number of hydrogen-bond acceptors (Lipinski definition) is 5. The van der Waals surface area contributed by atoms with Gasteiger partial charge in [-0.05, 0) is 12.2 Å². The fourth-order valence-corrected chi connectivity index (χ4v) is 1.32. The van der Waals surface area contributed by atoms with Crippen LogP contribution in [-0.4, -0.2) is 38.9 Å². The Labute approximate surface area is 87.3 Å². The molecule has 5 heteroatoms. The van der Waals surface area contributed by atoms with Gasteiger partial charge in [0.1, 0.15) is 5.57 Å². The van der Waals surface area contributed by atoms with Crippen LogP contribution in [-0.2, 0) is 23.8 Å². The summed E-state index contributed by atoms with van der Waals surface area (Å²) < 4.78 is 14.7. The molecule has 1 aliphatic rings. The van der Waals surface area contributed by atoms with Gasteiger partial charge >= 0.3 is 5.97 Å². The zero-order valence-corrected chi connectivity index (χ0v) is 8.77. The lowest BCUT2D eigenvalue weighted by molar-refractivity contribution is -0.162. The summed E-state index contributed by atoms with van der Waals surface area (Å²) in [5, 5.41) is 0. The minimum absolute atomic E-state index is 0.0301. The number of esters is 1. The molecule has 15 heavy (non-hydrogen) atoms. The van der Waals surface area contributed by atoms with Crippen molar-refractivity contribution in [2.45, 2.75) is 5.79 Å². The molecule has 0 atom stereocenters. The van der Waals surface area contributed by atoms with E-state index in [1.54, 1.807) is 0 Å².